The Hall–Kier alpha value is -1.69. The highest BCUT2D eigenvalue weighted by Gasteiger charge is 2.04. The molecule has 112 valence electrons. The summed E-state index contributed by atoms with van der Waals surface area (Å²) in [4.78, 5) is 27.2. The molecule has 0 aliphatic rings. The van der Waals surface area contributed by atoms with Crippen LogP contribution in [-0.2, 0) is 5.75 Å². The van der Waals surface area contributed by atoms with E-state index in [1.807, 2.05) is 30.3 Å². The first-order chi connectivity index (χ1) is 10.5. The van der Waals surface area contributed by atoms with E-state index in [0.717, 1.165) is 16.3 Å². The lowest BCUT2D eigenvalue weighted by Crippen LogP contribution is -2.28. The lowest BCUT2D eigenvalue weighted by atomic mass is 10.1. The molecule has 2 aromatic carbocycles. The molecule has 0 saturated heterocycles. The van der Waals surface area contributed by atoms with Crippen molar-refractivity contribution in [3.63, 3.8) is 0 Å². The zero-order valence-corrected chi connectivity index (χ0v) is 13.5. The summed E-state index contributed by atoms with van der Waals surface area (Å²) < 4.78 is 0. The largest absolute Gasteiger partial charge is 0.322 e. The smallest absolute Gasteiger partial charge is 0.314 e. The van der Waals surface area contributed by atoms with Crippen molar-refractivity contribution in [2.75, 3.05) is 0 Å². The van der Waals surface area contributed by atoms with Crippen LogP contribution in [-0.4, -0.2) is 9.97 Å². The summed E-state index contributed by atoms with van der Waals surface area (Å²) in [5.41, 5.74) is -0.227. The second-order valence-corrected chi connectivity index (χ2v) is 6.50. The lowest BCUT2D eigenvalue weighted by molar-refractivity contribution is 0.971. The fourth-order valence-electron chi connectivity index (χ4n) is 2.02. The van der Waals surface area contributed by atoms with E-state index in [2.05, 4.69) is 9.97 Å². The van der Waals surface area contributed by atoms with E-state index in [1.165, 1.54) is 18.0 Å². The average Bonchev–Trinajstić information content (AvgIpc) is 2.50. The van der Waals surface area contributed by atoms with Crippen LogP contribution in [0.5, 0.6) is 0 Å². The number of nitrogens with one attached hydrogen (secondary N) is 2. The molecule has 0 amide bonds. The van der Waals surface area contributed by atoms with Crippen molar-refractivity contribution in [3.05, 3.63) is 72.8 Å². The molecule has 0 radical (unpaired) electrons. The van der Waals surface area contributed by atoms with E-state index in [9.17, 15) is 9.59 Å². The average molecular weight is 353 g/mol. The number of hydrogen-bond donors (Lipinski definition) is 2. The Labute approximate surface area is 139 Å². The van der Waals surface area contributed by atoms with Crippen molar-refractivity contribution in [2.24, 2.45) is 0 Å². The van der Waals surface area contributed by atoms with E-state index >= 15 is 0 Å². The molecule has 0 aliphatic carbocycles. The maximum atomic E-state index is 11.3. The Morgan fingerprint density at radius 3 is 2.41 bits per heavy atom. The van der Waals surface area contributed by atoms with Gasteiger partial charge in [0.15, 0.2) is 0 Å². The van der Waals surface area contributed by atoms with Gasteiger partial charge in [0.05, 0.1) is 15.1 Å². The fraction of sp³-hybridized carbons (Fsp3) is 0.0667. The Balaban J connectivity index is 1.84. The molecule has 1 aromatic heterocycles. The first kappa shape index (κ1) is 15.2. The molecule has 0 atom stereocenters. The maximum Gasteiger partial charge on any atom is 0.314 e. The van der Waals surface area contributed by atoms with Crippen molar-refractivity contribution >= 4 is 45.7 Å². The highest BCUT2D eigenvalue weighted by Crippen LogP contribution is 2.29. The van der Waals surface area contributed by atoms with E-state index < -0.39 is 11.1 Å². The molecule has 1 heterocycles. The Morgan fingerprint density at radius 2 is 1.68 bits per heavy atom. The number of fused-ring (bicyclic) bond motifs is 1. The van der Waals surface area contributed by atoms with Gasteiger partial charge in [0.2, 0.25) is 0 Å². The van der Waals surface area contributed by atoms with Crippen molar-refractivity contribution in [2.45, 2.75) is 10.8 Å². The van der Waals surface area contributed by atoms with Crippen LogP contribution in [0.4, 0.5) is 0 Å². The SMILES string of the molecule is O=c1[nH]cc(SCc2ccc3cc(Cl)c(Cl)cc3c2)[nH]c1=O. The summed E-state index contributed by atoms with van der Waals surface area (Å²) >= 11 is 13.5. The Bertz CT molecular complexity index is 966. The number of thioether (sulfide) groups is 1. The van der Waals surface area contributed by atoms with Crippen molar-refractivity contribution < 1.29 is 0 Å². The standard InChI is InChI=1S/C15H10Cl2N2O2S/c16-11-4-9-2-1-8(3-10(9)5-12(11)17)7-22-13-6-18-14(20)15(21)19-13/h1-6H,7H2,(H,18,20)(H,19,21). The summed E-state index contributed by atoms with van der Waals surface area (Å²) in [6.07, 6.45) is 1.49. The number of halogens is 2. The molecule has 0 fully saturated rings. The second kappa shape index (κ2) is 6.20. The van der Waals surface area contributed by atoms with Gasteiger partial charge in [0.25, 0.3) is 0 Å². The molecule has 4 nitrogen and oxygen atoms in total. The number of H-pyrrole nitrogens is 2. The number of aromatic nitrogens is 2. The van der Waals surface area contributed by atoms with Gasteiger partial charge < -0.3 is 9.97 Å². The number of benzene rings is 2. The van der Waals surface area contributed by atoms with Gasteiger partial charge in [0.1, 0.15) is 0 Å². The van der Waals surface area contributed by atoms with Gasteiger partial charge in [-0.2, -0.15) is 0 Å². The molecular weight excluding hydrogens is 343 g/mol. The van der Waals surface area contributed by atoms with E-state index in [1.54, 1.807) is 0 Å². The molecule has 3 rings (SSSR count). The normalized spacial score (nSPS) is 11.0. The minimum absolute atomic E-state index is 0.518. The molecule has 0 bridgehead atoms. The summed E-state index contributed by atoms with van der Waals surface area (Å²) in [5, 5.41) is 3.67. The quantitative estimate of drug-likeness (QED) is 0.556. The van der Waals surface area contributed by atoms with Gasteiger partial charge in [0, 0.05) is 11.9 Å². The predicted octanol–water partition coefficient (Wildman–Crippen LogP) is 3.82. The third-order valence-electron chi connectivity index (χ3n) is 3.12. The van der Waals surface area contributed by atoms with E-state index in [-0.39, 0.29) is 0 Å². The van der Waals surface area contributed by atoms with Crippen molar-refractivity contribution in [1.82, 2.24) is 9.97 Å². The number of rotatable bonds is 3. The van der Waals surface area contributed by atoms with Gasteiger partial charge >= 0.3 is 11.1 Å². The minimum Gasteiger partial charge on any atom is -0.322 e. The molecule has 7 heteroatoms. The van der Waals surface area contributed by atoms with Gasteiger partial charge in [-0.1, -0.05) is 41.4 Å². The molecule has 0 spiro atoms. The third kappa shape index (κ3) is 3.21. The summed E-state index contributed by atoms with van der Waals surface area (Å²) in [7, 11) is 0. The third-order valence-corrected chi connectivity index (χ3v) is 4.85. The summed E-state index contributed by atoms with van der Waals surface area (Å²) in [6, 6.07) is 9.64. The first-order valence-corrected chi connectivity index (χ1v) is 8.09. The Kier molecular flexibility index (Phi) is 4.29. The van der Waals surface area contributed by atoms with Gasteiger partial charge in [-0.05, 0) is 28.5 Å². The molecule has 2 N–H and O–H groups in total. The first-order valence-electron chi connectivity index (χ1n) is 6.35. The predicted molar refractivity (Wildman–Crippen MR) is 91.2 cm³/mol. The highest BCUT2D eigenvalue weighted by molar-refractivity contribution is 7.98. The van der Waals surface area contributed by atoms with Crippen LogP contribution in [0.1, 0.15) is 5.56 Å². The van der Waals surface area contributed by atoms with Crippen LogP contribution < -0.4 is 11.1 Å². The van der Waals surface area contributed by atoms with Crippen LogP contribution in [0.2, 0.25) is 10.0 Å². The van der Waals surface area contributed by atoms with Gasteiger partial charge in [-0.25, -0.2) is 0 Å². The number of aromatic amines is 2. The molecule has 0 aliphatic heterocycles. The van der Waals surface area contributed by atoms with E-state index in [4.69, 9.17) is 23.2 Å². The maximum absolute atomic E-state index is 11.3. The Morgan fingerprint density at radius 1 is 0.955 bits per heavy atom. The van der Waals surface area contributed by atoms with Crippen LogP contribution in [0.25, 0.3) is 10.8 Å². The van der Waals surface area contributed by atoms with Crippen LogP contribution in [0, 0.1) is 0 Å². The van der Waals surface area contributed by atoms with Crippen LogP contribution in [0.3, 0.4) is 0 Å². The van der Waals surface area contributed by atoms with Crippen LogP contribution in [0.15, 0.2) is 51.1 Å². The molecule has 3 aromatic rings. The van der Waals surface area contributed by atoms with Crippen molar-refractivity contribution in [1.29, 1.82) is 0 Å². The molecular formula is C15H10Cl2N2O2S. The minimum atomic E-state index is -0.651. The zero-order chi connectivity index (χ0) is 15.7. The summed E-state index contributed by atoms with van der Waals surface area (Å²) in [5.74, 6) is 0.651. The number of hydrogen-bond acceptors (Lipinski definition) is 3. The van der Waals surface area contributed by atoms with E-state index in [0.29, 0.717) is 20.8 Å². The monoisotopic (exact) mass is 352 g/mol. The fourth-order valence-corrected chi connectivity index (χ4v) is 3.17. The molecule has 0 unspecified atom stereocenters. The van der Waals surface area contributed by atoms with Gasteiger partial charge in [-0.3, -0.25) is 9.59 Å². The lowest BCUT2D eigenvalue weighted by Gasteiger charge is -2.05. The van der Waals surface area contributed by atoms with Crippen molar-refractivity contribution in [3.8, 4) is 0 Å². The molecule has 22 heavy (non-hydrogen) atoms. The van der Waals surface area contributed by atoms with Gasteiger partial charge in [-0.15, -0.1) is 11.8 Å². The molecule has 0 saturated carbocycles. The zero-order valence-electron chi connectivity index (χ0n) is 11.2. The highest BCUT2D eigenvalue weighted by atomic mass is 35.5. The topological polar surface area (TPSA) is 65.7 Å². The van der Waals surface area contributed by atoms with Crippen LogP contribution >= 0.6 is 35.0 Å². The second-order valence-electron chi connectivity index (χ2n) is 4.67. The summed E-state index contributed by atoms with van der Waals surface area (Å²) in [6.45, 7) is 0.